The van der Waals surface area contributed by atoms with Crippen LogP contribution in [0.4, 0.5) is 13.6 Å². The van der Waals surface area contributed by atoms with E-state index in [0.29, 0.717) is 11.5 Å². The third-order valence-corrected chi connectivity index (χ3v) is 5.72. The Labute approximate surface area is 158 Å². The molecule has 1 heterocycles. The molecule has 27 heavy (non-hydrogen) atoms. The van der Waals surface area contributed by atoms with Gasteiger partial charge in [0.05, 0.1) is 0 Å². The maximum absolute atomic E-state index is 12.2. The average molecular weight is 391 g/mol. The van der Waals surface area contributed by atoms with E-state index >= 15 is 0 Å². The minimum Gasteiger partial charge on any atom is -0.457 e. The van der Waals surface area contributed by atoms with Gasteiger partial charge in [-0.25, -0.2) is 0 Å². The number of ether oxygens (including phenoxy) is 2. The summed E-state index contributed by atoms with van der Waals surface area (Å²) in [5, 5.41) is 1.66. The molecule has 8 heteroatoms. The fourth-order valence-electron chi connectivity index (χ4n) is 3.46. The number of fused-ring (bicyclic) bond motifs is 1. The lowest BCUT2D eigenvalue weighted by atomic mass is 9.97. The number of benzene rings is 2. The van der Waals surface area contributed by atoms with Gasteiger partial charge in [0.25, 0.3) is 5.24 Å². The lowest BCUT2D eigenvalue weighted by Crippen LogP contribution is -2.27. The van der Waals surface area contributed by atoms with Crippen LogP contribution in [0.1, 0.15) is 23.5 Å². The van der Waals surface area contributed by atoms with E-state index in [1.54, 1.807) is 18.2 Å². The van der Waals surface area contributed by atoms with Crippen LogP contribution in [0.15, 0.2) is 42.5 Å². The lowest BCUT2D eigenvalue weighted by molar-refractivity contribution is -0.119. The van der Waals surface area contributed by atoms with Crippen molar-refractivity contribution in [1.82, 2.24) is 5.32 Å². The highest BCUT2D eigenvalue weighted by atomic mass is 32.2. The molecule has 1 aliphatic heterocycles. The van der Waals surface area contributed by atoms with Gasteiger partial charge in [0.1, 0.15) is 22.5 Å². The molecule has 140 valence electrons. The second kappa shape index (κ2) is 7.19. The summed E-state index contributed by atoms with van der Waals surface area (Å²) in [6.07, 6.45) is 1.60. The number of imide groups is 1. The summed E-state index contributed by atoms with van der Waals surface area (Å²) in [7, 11) is 0. The van der Waals surface area contributed by atoms with E-state index in [1.807, 2.05) is 12.1 Å². The van der Waals surface area contributed by atoms with Crippen LogP contribution in [-0.2, 0) is 11.2 Å². The minimum atomic E-state index is -2.86. The maximum Gasteiger partial charge on any atom is 0.387 e. The fraction of sp³-hybridized carbons (Fsp3) is 0.263. The third-order valence-electron chi connectivity index (χ3n) is 4.61. The number of carbonyl (C=O) groups excluding carboxylic acids is 2. The molecule has 2 aromatic rings. The molecular weight excluding hydrogens is 376 g/mol. The largest absolute Gasteiger partial charge is 0.457 e. The van der Waals surface area contributed by atoms with Gasteiger partial charge >= 0.3 is 6.61 Å². The van der Waals surface area contributed by atoms with E-state index in [0.717, 1.165) is 35.7 Å². The van der Waals surface area contributed by atoms with Crippen molar-refractivity contribution in [1.29, 1.82) is 0 Å². The molecule has 0 bridgehead atoms. The second-order valence-electron chi connectivity index (χ2n) is 6.27. The summed E-state index contributed by atoms with van der Waals surface area (Å²) in [5.41, 5.74) is 2.15. The molecular formula is C19H15F2NO4S. The number of amides is 2. The molecule has 2 amide bonds. The lowest BCUT2D eigenvalue weighted by Gasteiger charge is -2.16. The molecule has 1 N–H and O–H groups in total. The third kappa shape index (κ3) is 3.75. The number of carbonyl (C=O) groups is 2. The summed E-state index contributed by atoms with van der Waals surface area (Å²) < 4.78 is 34.5. The van der Waals surface area contributed by atoms with Crippen LogP contribution in [0.3, 0.4) is 0 Å². The van der Waals surface area contributed by atoms with Crippen molar-refractivity contribution in [2.75, 3.05) is 0 Å². The molecule has 1 aliphatic carbocycles. The highest BCUT2D eigenvalue weighted by molar-refractivity contribution is 8.15. The van der Waals surface area contributed by atoms with Crippen LogP contribution in [0.25, 0.3) is 0 Å². The summed E-state index contributed by atoms with van der Waals surface area (Å²) in [6, 6.07) is 11.6. The summed E-state index contributed by atoms with van der Waals surface area (Å²) in [6.45, 7) is -2.86. The molecule has 4 rings (SSSR count). The first-order valence-corrected chi connectivity index (χ1v) is 9.24. The van der Waals surface area contributed by atoms with Crippen molar-refractivity contribution in [3.05, 3.63) is 53.6 Å². The van der Waals surface area contributed by atoms with Crippen molar-refractivity contribution < 1.29 is 27.8 Å². The van der Waals surface area contributed by atoms with Crippen LogP contribution in [-0.4, -0.2) is 23.0 Å². The Bertz CT molecular complexity index is 888. The first-order chi connectivity index (χ1) is 13.0. The summed E-state index contributed by atoms with van der Waals surface area (Å²) in [4.78, 5) is 23.4. The number of hydrogen-bond acceptors (Lipinski definition) is 5. The SMILES string of the molecule is O=C1NC(=O)C([C@@H]2CCc3cc(Oc4ccc(OC(F)F)cc4)ccc32)S1. The standard InChI is InChI=1S/C19H15F2NO4S/c20-18(21)26-12-4-2-11(3-5-12)25-13-6-8-14-10(9-13)1-7-15(14)16-17(23)22-19(24)27-16/h2-6,8-9,15-16,18H,1,7H2,(H,22,23,24)/t15-,16?/m1/s1. The molecule has 1 unspecified atom stereocenters. The van der Waals surface area contributed by atoms with Gasteiger partial charge in [-0.15, -0.1) is 0 Å². The second-order valence-corrected chi connectivity index (χ2v) is 7.39. The Morgan fingerprint density at radius 1 is 1.04 bits per heavy atom. The van der Waals surface area contributed by atoms with Gasteiger partial charge in [-0.1, -0.05) is 17.8 Å². The number of thioether (sulfide) groups is 1. The number of nitrogens with one attached hydrogen (secondary N) is 1. The van der Waals surface area contributed by atoms with Crippen molar-refractivity contribution >= 4 is 22.9 Å². The van der Waals surface area contributed by atoms with Gasteiger partial charge in [0.15, 0.2) is 0 Å². The Kier molecular flexibility index (Phi) is 4.73. The molecule has 0 radical (unpaired) electrons. The number of rotatable bonds is 5. The summed E-state index contributed by atoms with van der Waals surface area (Å²) >= 11 is 1.05. The van der Waals surface area contributed by atoms with E-state index in [4.69, 9.17) is 4.74 Å². The molecule has 2 aliphatic rings. The first kappa shape index (κ1) is 17.8. The van der Waals surface area contributed by atoms with Gasteiger partial charge in [0.2, 0.25) is 5.91 Å². The van der Waals surface area contributed by atoms with E-state index in [1.165, 1.54) is 12.1 Å². The van der Waals surface area contributed by atoms with Crippen molar-refractivity contribution in [3.63, 3.8) is 0 Å². The predicted octanol–water partition coefficient (Wildman–Crippen LogP) is 4.46. The molecule has 1 fully saturated rings. The van der Waals surface area contributed by atoms with Crippen LogP contribution in [0, 0.1) is 0 Å². The number of alkyl halides is 2. The number of halogens is 2. The zero-order valence-electron chi connectivity index (χ0n) is 14.0. The number of hydrogen-bond donors (Lipinski definition) is 1. The zero-order valence-corrected chi connectivity index (χ0v) is 14.8. The molecule has 0 saturated carbocycles. The van der Waals surface area contributed by atoms with Gasteiger partial charge in [-0.3, -0.25) is 14.9 Å². The number of aryl methyl sites for hydroxylation is 1. The van der Waals surface area contributed by atoms with E-state index < -0.39 is 6.61 Å². The molecule has 5 nitrogen and oxygen atoms in total. The van der Waals surface area contributed by atoms with Gasteiger partial charge in [0, 0.05) is 5.92 Å². The minimum absolute atomic E-state index is 0.0104. The van der Waals surface area contributed by atoms with Crippen LogP contribution >= 0.6 is 11.8 Å². The topological polar surface area (TPSA) is 64.6 Å². The quantitative estimate of drug-likeness (QED) is 0.815. The van der Waals surface area contributed by atoms with Gasteiger partial charge < -0.3 is 9.47 Å². The molecule has 0 aromatic heterocycles. The highest BCUT2D eigenvalue weighted by Gasteiger charge is 2.41. The van der Waals surface area contributed by atoms with Crippen molar-refractivity contribution in [2.24, 2.45) is 0 Å². The highest BCUT2D eigenvalue weighted by Crippen LogP contribution is 2.43. The normalized spacial score (nSPS) is 21.3. The van der Waals surface area contributed by atoms with Crippen molar-refractivity contribution in [2.45, 2.75) is 30.6 Å². The smallest absolute Gasteiger partial charge is 0.387 e. The Morgan fingerprint density at radius 2 is 1.74 bits per heavy atom. The molecule has 2 atom stereocenters. The maximum atomic E-state index is 12.2. The summed E-state index contributed by atoms with van der Waals surface area (Å²) in [5.74, 6) is 0.973. The molecule has 0 spiro atoms. The predicted molar refractivity (Wildman–Crippen MR) is 95.6 cm³/mol. The van der Waals surface area contributed by atoms with Crippen LogP contribution in [0.2, 0.25) is 0 Å². The van der Waals surface area contributed by atoms with Gasteiger partial charge in [-0.05, 0) is 60.4 Å². The Balaban J connectivity index is 1.47. The van der Waals surface area contributed by atoms with Crippen LogP contribution in [0.5, 0.6) is 17.2 Å². The van der Waals surface area contributed by atoms with E-state index in [2.05, 4.69) is 10.1 Å². The first-order valence-electron chi connectivity index (χ1n) is 8.36. The monoisotopic (exact) mass is 391 g/mol. The zero-order chi connectivity index (χ0) is 19.0. The Morgan fingerprint density at radius 3 is 2.41 bits per heavy atom. The fourth-order valence-corrected chi connectivity index (χ4v) is 4.47. The van der Waals surface area contributed by atoms with Crippen molar-refractivity contribution in [3.8, 4) is 17.2 Å². The average Bonchev–Trinajstić information content (AvgIpc) is 3.18. The van der Waals surface area contributed by atoms with Gasteiger partial charge in [-0.2, -0.15) is 8.78 Å². The Hall–Kier alpha value is -2.61. The van der Waals surface area contributed by atoms with E-state index in [9.17, 15) is 18.4 Å². The van der Waals surface area contributed by atoms with Crippen LogP contribution < -0.4 is 14.8 Å². The molecule has 1 saturated heterocycles. The van der Waals surface area contributed by atoms with E-state index in [-0.39, 0.29) is 28.1 Å². The molecule has 2 aromatic carbocycles.